The van der Waals surface area contributed by atoms with Crippen molar-refractivity contribution in [2.75, 3.05) is 0 Å². The normalized spacial score (nSPS) is 11.1. The Morgan fingerprint density at radius 3 is 2.19 bits per heavy atom. The van der Waals surface area contributed by atoms with E-state index >= 15 is 0 Å². The summed E-state index contributed by atoms with van der Waals surface area (Å²) in [5.74, 6) is 0. The Labute approximate surface area is 157 Å². The number of carbonyl (C=O) groups excluding carboxylic acids is 1. The zero-order chi connectivity index (χ0) is 18.2. The van der Waals surface area contributed by atoms with Crippen molar-refractivity contribution in [3.8, 4) is 16.8 Å². The van der Waals surface area contributed by atoms with Crippen molar-refractivity contribution in [3.63, 3.8) is 0 Å². The van der Waals surface area contributed by atoms with E-state index in [1.54, 1.807) is 0 Å². The molecule has 5 rings (SSSR count). The first-order chi connectivity index (χ1) is 13.3. The molecular formula is C25H17NO. The van der Waals surface area contributed by atoms with E-state index in [0.717, 1.165) is 23.1 Å². The Morgan fingerprint density at radius 1 is 0.593 bits per heavy atom. The summed E-state index contributed by atoms with van der Waals surface area (Å²) in [4.78, 5) is 11.1. The lowest BCUT2D eigenvalue weighted by atomic mass is 10.0. The van der Waals surface area contributed by atoms with E-state index in [2.05, 4.69) is 71.3 Å². The third-order valence-corrected chi connectivity index (χ3v) is 5.04. The van der Waals surface area contributed by atoms with E-state index in [1.807, 2.05) is 30.3 Å². The second-order valence-corrected chi connectivity index (χ2v) is 6.66. The molecule has 27 heavy (non-hydrogen) atoms. The third-order valence-electron chi connectivity index (χ3n) is 5.04. The minimum Gasteiger partial charge on any atom is -0.309 e. The molecule has 0 bridgehead atoms. The molecular weight excluding hydrogens is 330 g/mol. The van der Waals surface area contributed by atoms with Crippen LogP contribution >= 0.6 is 0 Å². The number of aromatic nitrogens is 1. The zero-order valence-electron chi connectivity index (χ0n) is 14.7. The quantitative estimate of drug-likeness (QED) is 0.353. The molecule has 1 heterocycles. The molecule has 0 saturated carbocycles. The van der Waals surface area contributed by atoms with Crippen LogP contribution in [0.5, 0.6) is 0 Å². The van der Waals surface area contributed by atoms with Crippen molar-refractivity contribution in [1.82, 2.24) is 4.57 Å². The summed E-state index contributed by atoms with van der Waals surface area (Å²) in [5.41, 5.74) is 6.38. The van der Waals surface area contributed by atoms with Gasteiger partial charge >= 0.3 is 0 Å². The van der Waals surface area contributed by atoms with Gasteiger partial charge in [-0.15, -0.1) is 0 Å². The Kier molecular flexibility index (Phi) is 3.61. The smallest absolute Gasteiger partial charge is 0.150 e. The topological polar surface area (TPSA) is 22.0 Å². The summed E-state index contributed by atoms with van der Waals surface area (Å²) in [6.07, 6.45) is 0.892. The number of hydrogen-bond acceptors (Lipinski definition) is 1. The van der Waals surface area contributed by atoms with Gasteiger partial charge in [-0.25, -0.2) is 0 Å². The maximum absolute atomic E-state index is 11.1. The highest BCUT2D eigenvalue weighted by Crippen LogP contribution is 2.34. The lowest BCUT2D eigenvalue weighted by molar-refractivity contribution is 0.112. The first-order valence-electron chi connectivity index (χ1n) is 8.99. The van der Waals surface area contributed by atoms with Crippen LogP contribution in [-0.2, 0) is 0 Å². The Hall–Kier alpha value is -3.65. The van der Waals surface area contributed by atoms with Crippen LogP contribution < -0.4 is 0 Å². The maximum atomic E-state index is 11.1. The first kappa shape index (κ1) is 15.6. The molecule has 1 aromatic heterocycles. The van der Waals surface area contributed by atoms with Crippen molar-refractivity contribution in [3.05, 3.63) is 103 Å². The number of rotatable bonds is 3. The van der Waals surface area contributed by atoms with Gasteiger partial charge in [0.2, 0.25) is 0 Å². The fraction of sp³-hybridized carbons (Fsp3) is 0. The molecule has 0 atom stereocenters. The third kappa shape index (κ3) is 2.54. The number of benzene rings is 4. The van der Waals surface area contributed by atoms with Crippen LogP contribution in [0.2, 0.25) is 0 Å². The predicted octanol–water partition coefficient (Wildman–Crippen LogP) is 6.26. The van der Waals surface area contributed by atoms with E-state index in [4.69, 9.17) is 0 Å². The van der Waals surface area contributed by atoms with Crippen molar-refractivity contribution in [2.45, 2.75) is 0 Å². The number of carbonyl (C=O) groups is 1. The molecule has 0 unspecified atom stereocenters. The number of para-hydroxylation sites is 2. The lowest BCUT2D eigenvalue weighted by Crippen LogP contribution is -1.92. The Balaban J connectivity index is 1.81. The van der Waals surface area contributed by atoms with Gasteiger partial charge in [0.05, 0.1) is 11.0 Å². The highest BCUT2D eigenvalue weighted by atomic mass is 16.1. The molecule has 0 aliphatic heterocycles. The molecule has 0 saturated heterocycles. The van der Waals surface area contributed by atoms with E-state index in [9.17, 15) is 4.79 Å². The minimum absolute atomic E-state index is 0.694. The van der Waals surface area contributed by atoms with E-state index in [1.165, 1.54) is 21.8 Å². The van der Waals surface area contributed by atoms with Gasteiger partial charge < -0.3 is 4.57 Å². The maximum Gasteiger partial charge on any atom is 0.150 e. The number of fused-ring (bicyclic) bond motifs is 3. The minimum atomic E-state index is 0.694. The molecule has 2 nitrogen and oxygen atoms in total. The van der Waals surface area contributed by atoms with E-state index in [-0.39, 0.29) is 0 Å². The fourth-order valence-electron chi connectivity index (χ4n) is 3.80. The highest BCUT2D eigenvalue weighted by Gasteiger charge is 2.12. The summed E-state index contributed by atoms with van der Waals surface area (Å²) in [7, 11) is 0. The molecule has 0 radical (unpaired) electrons. The average molecular weight is 347 g/mol. The first-order valence-corrected chi connectivity index (χ1v) is 8.99. The van der Waals surface area contributed by atoms with Crippen molar-refractivity contribution in [1.29, 1.82) is 0 Å². The number of hydrogen-bond donors (Lipinski definition) is 0. The van der Waals surface area contributed by atoms with Crippen LogP contribution in [0.4, 0.5) is 0 Å². The molecule has 2 heteroatoms. The molecule has 4 aromatic carbocycles. The average Bonchev–Trinajstić information content (AvgIpc) is 3.08. The summed E-state index contributed by atoms with van der Waals surface area (Å²) in [5, 5.41) is 2.44. The highest BCUT2D eigenvalue weighted by molar-refractivity contribution is 6.10. The SMILES string of the molecule is O=Cc1cccc(-c2ccc3c(c2)c2ccccc2n3-c2ccccc2)c1. The van der Waals surface area contributed by atoms with Crippen LogP contribution in [0.25, 0.3) is 38.6 Å². The Bertz CT molecular complexity index is 1280. The summed E-state index contributed by atoms with van der Waals surface area (Å²) in [6.45, 7) is 0. The van der Waals surface area contributed by atoms with Crippen LogP contribution in [-0.4, -0.2) is 10.9 Å². The van der Waals surface area contributed by atoms with Gasteiger partial charge in [0.25, 0.3) is 0 Å². The molecule has 0 amide bonds. The monoisotopic (exact) mass is 347 g/mol. The molecule has 128 valence electrons. The van der Waals surface area contributed by atoms with E-state index < -0.39 is 0 Å². The second kappa shape index (κ2) is 6.26. The summed E-state index contributed by atoms with van der Waals surface area (Å²) >= 11 is 0. The van der Waals surface area contributed by atoms with Crippen molar-refractivity contribution in [2.24, 2.45) is 0 Å². The molecule has 0 N–H and O–H groups in total. The molecule has 5 aromatic rings. The van der Waals surface area contributed by atoms with Gasteiger partial charge in [-0.3, -0.25) is 4.79 Å². The molecule has 0 aliphatic rings. The predicted molar refractivity (Wildman–Crippen MR) is 112 cm³/mol. The second-order valence-electron chi connectivity index (χ2n) is 6.66. The van der Waals surface area contributed by atoms with Gasteiger partial charge in [-0.05, 0) is 47.5 Å². The Morgan fingerprint density at radius 2 is 1.33 bits per heavy atom. The van der Waals surface area contributed by atoms with Gasteiger partial charge in [0.15, 0.2) is 0 Å². The van der Waals surface area contributed by atoms with Gasteiger partial charge in [0, 0.05) is 22.0 Å². The summed E-state index contributed by atoms with van der Waals surface area (Å²) in [6, 6.07) is 33.2. The zero-order valence-corrected chi connectivity index (χ0v) is 14.7. The van der Waals surface area contributed by atoms with Crippen LogP contribution in [0.1, 0.15) is 10.4 Å². The standard InChI is InChI=1S/C25H17NO/c27-17-18-7-6-8-19(15-18)20-13-14-25-23(16-20)22-11-4-5-12-24(22)26(25)21-9-2-1-3-10-21/h1-17H. The largest absolute Gasteiger partial charge is 0.309 e. The lowest BCUT2D eigenvalue weighted by Gasteiger charge is -2.08. The van der Waals surface area contributed by atoms with E-state index in [0.29, 0.717) is 5.56 Å². The van der Waals surface area contributed by atoms with Crippen LogP contribution in [0.3, 0.4) is 0 Å². The number of aldehydes is 1. The fourth-order valence-corrected chi connectivity index (χ4v) is 3.80. The number of nitrogens with zero attached hydrogens (tertiary/aromatic N) is 1. The van der Waals surface area contributed by atoms with Gasteiger partial charge in [0.1, 0.15) is 6.29 Å². The van der Waals surface area contributed by atoms with Crippen LogP contribution in [0, 0.1) is 0 Å². The van der Waals surface area contributed by atoms with Crippen molar-refractivity contribution < 1.29 is 4.79 Å². The van der Waals surface area contributed by atoms with Gasteiger partial charge in [-0.1, -0.05) is 60.7 Å². The molecule has 0 fully saturated rings. The molecule has 0 spiro atoms. The summed E-state index contributed by atoms with van der Waals surface area (Å²) < 4.78 is 2.30. The van der Waals surface area contributed by atoms with Crippen LogP contribution in [0.15, 0.2) is 97.1 Å². The van der Waals surface area contributed by atoms with Crippen molar-refractivity contribution >= 4 is 28.1 Å². The molecule has 0 aliphatic carbocycles. The van der Waals surface area contributed by atoms with Gasteiger partial charge in [-0.2, -0.15) is 0 Å².